The van der Waals surface area contributed by atoms with Gasteiger partial charge in [-0.15, -0.1) is 0 Å². The number of carbonyl (C=O) groups excluding carboxylic acids is 2. The molecular weight excluding hydrogens is 515 g/mol. The Morgan fingerprint density at radius 3 is 2.16 bits per heavy atom. The molecule has 0 spiro atoms. The third-order valence-electron chi connectivity index (χ3n) is 4.33. The van der Waals surface area contributed by atoms with Crippen LogP contribution in [0, 0.1) is 0 Å². The van der Waals surface area contributed by atoms with E-state index in [1.165, 1.54) is 13.4 Å². The van der Waals surface area contributed by atoms with Crippen LogP contribution in [0.1, 0.15) is 33.4 Å². The maximum absolute atomic E-state index is 13.3. The lowest BCUT2D eigenvalue weighted by molar-refractivity contribution is -0.0407. The number of methoxy groups -OCH3 is 1. The molecule has 0 amide bonds. The predicted molar refractivity (Wildman–Crippen MR) is 128 cm³/mol. The number of ether oxygens (including phenoxy) is 6. The summed E-state index contributed by atoms with van der Waals surface area (Å²) < 4.78 is 55.3. The average molecular weight is 548 g/mol. The summed E-state index contributed by atoms with van der Waals surface area (Å²) >= 11 is 0. The van der Waals surface area contributed by atoms with E-state index in [1.54, 1.807) is 44.3 Å². The van der Waals surface area contributed by atoms with Crippen molar-refractivity contribution in [3.63, 3.8) is 0 Å². The molecule has 0 fully saturated rings. The molecule has 0 saturated carbocycles. The third-order valence-corrected chi connectivity index (χ3v) is 5.80. The normalized spacial score (nSPS) is 12.6. The Morgan fingerprint density at radius 1 is 1.03 bits per heavy atom. The second-order valence-corrected chi connectivity index (χ2v) is 10.1. The molecule has 208 valence electrons. The number of nitrogens with zero attached hydrogens (tertiary/aromatic N) is 3. The number of hydrogen-bond donors (Lipinski definition) is 1. The molecule has 15 nitrogen and oxygen atoms in total. The third kappa shape index (κ3) is 10.5. The molecule has 0 aliphatic heterocycles. The van der Waals surface area contributed by atoms with Gasteiger partial charge in [0, 0.05) is 19.2 Å². The van der Waals surface area contributed by atoms with Gasteiger partial charge in [-0.25, -0.2) is 19.1 Å². The lowest BCUT2D eigenvalue weighted by Gasteiger charge is -2.22. The molecule has 2 N–H and O–H groups in total. The maximum atomic E-state index is 13.3. The van der Waals surface area contributed by atoms with Gasteiger partial charge in [-0.2, -0.15) is 5.10 Å². The molecule has 0 radical (unpaired) electrons. The molecular formula is C21H33N4O11P. The first-order valence-electron chi connectivity index (χ1n) is 11.3. The van der Waals surface area contributed by atoms with Gasteiger partial charge in [-0.3, -0.25) is 13.6 Å². The molecule has 1 unspecified atom stereocenters. The Hall–Kier alpha value is -2.97. The zero-order chi connectivity index (χ0) is 27.4. The van der Waals surface area contributed by atoms with Gasteiger partial charge in [-0.1, -0.05) is 0 Å². The number of nitrogen functional groups attached to an aromatic ring is 1. The number of fused-ring (bicyclic) bond motifs is 1. The predicted octanol–water partition coefficient (Wildman–Crippen LogP) is 3.11. The lowest BCUT2D eigenvalue weighted by Crippen LogP contribution is -2.24. The Bertz CT molecular complexity index is 1030. The van der Waals surface area contributed by atoms with Gasteiger partial charge in [-0.05, 0) is 39.8 Å². The van der Waals surface area contributed by atoms with Crippen molar-refractivity contribution in [1.82, 2.24) is 14.6 Å². The fraction of sp³-hybridized carbons (Fsp3) is 0.619. The first-order chi connectivity index (χ1) is 17.5. The number of anilines is 1. The average Bonchev–Trinajstić information content (AvgIpc) is 3.21. The van der Waals surface area contributed by atoms with Crippen molar-refractivity contribution in [2.45, 2.75) is 52.4 Å². The molecule has 2 heterocycles. The lowest BCUT2D eigenvalue weighted by atomic mass is 10.2. The van der Waals surface area contributed by atoms with E-state index in [1.807, 2.05) is 0 Å². The van der Waals surface area contributed by atoms with E-state index in [4.69, 9.17) is 43.2 Å². The summed E-state index contributed by atoms with van der Waals surface area (Å²) in [5.74, 6) is 0.309. The van der Waals surface area contributed by atoms with Gasteiger partial charge in [0.2, 0.25) is 13.6 Å². The van der Waals surface area contributed by atoms with Crippen LogP contribution in [0.4, 0.5) is 15.4 Å². The fourth-order valence-electron chi connectivity index (χ4n) is 2.82. The maximum Gasteiger partial charge on any atom is 0.510 e. The van der Waals surface area contributed by atoms with Crippen molar-refractivity contribution in [3.8, 4) is 0 Å². The van der Waals surface area contributed by atoms with Crippen molar-refractivity contribution in [2.75, 3.05) is 39.4 Å². The van der Waals surface area contributed by atoms with E-state index in [0.29, 0.717) is 11.3 Å². The molecule has 0 bridgehead atoms. The van der Waals surface area contributed by atoms with Crippen molar-refractivity contribution in [1.29, 1.82) is 0 Å². The summed E-state index contributed by atoms with van der Waals surface area (Å²) in [5.41, 5.74) is 7.21. The summed E-state index contributed by atoms with van der Waals surface area (Å²) in [6.07, 6.45) is -2.53. The minimum atomic E-state index is -4.12. The van der Waals surface area contributed by atoms with Crippen LogP contribution in [0.15, 0.2) is 18.5 Å². The number of rotatable bonds is 15. The molecule has 37 heavy (non-hydrogen) atoms. The molecule has 0 saturated heterocycles. The molecule has 0 aliphatic rings. The molecule has 1 atom stereocenters. The van der Waals surface area contributed by atoms with E-state index in [9.17, 15) is 14.2 Å². The molecule has 0 aromatic carbocycles. The van der Waals surface area contributed by atoms with Crippen LogP contribution in [-0.4, -0.2) is 78.9 Å². The monoisotopic (exact) mass is 548 g/mol. The van der Waals surface area contributed by atoms with Crippen molar-refractivity contribution in [2.24, 2.45) is 0 Å². The summed E-state index contributed by atoms with van der Waals surface area (Å²) in [5, 5.41) is 4.18. The summed E-state index contributed by atoms with van der Waals surface area (Å²) in [4.78, 5) is 27.1. The van der Waals surface area contributed by atoms with Crippen LogP contribution in [0.2, 0.25) is 0 Å². The molecule has 0 aliphatic carbocycles. The second kappa shape index (κ2) is 14.7. The minimum Gasteiger partial charge on any atom is -0.432 e. The van der Waals surface area contributed by atoms with Crippen LogP contribution < -0.4 is 5.73 Å². The van der Waals surface area contributed by atoms with Crippen LogP contribution >= 0.6 is 7.60 Å². The van der Waals surface area contributed by atoms with Crippen molar-refractivity contribution < 1.29 is 51.6 Å². The van der Waals surface area contributed by atoms with E-state index in [-0.39, 0.29) is 13.0 Å². The van der Waals surface area contributed by atoms with Crippen molar-refractivity contribution in [3.05, 3.63) is 24.2 Å². The number of aromatic nitrogens is 3. The SMILES string of the molecule is COCC(Cc1ccc2c(N)ncnn12)OCP(=O)(OCOC(=O)OC(C)C)OCOC(=O)OC(C)C. The number of nitrogens with two attached hydrogens (primary N) is 1. The Balaban J connectivity index is 2.05. The number of hydrogen-bond acceptors (Lipinski definition) is 14. The van der Waals surface area contributed by atoms with Crippen LogP contribution in [0.3, 0.4) is 0 Å². The summed E-state index contributed by atoms with van der Waals surface area (Å²) in [6.45, 7) is 5.09. The van der Waals surface area contributed by atoms with Crippen LogP contribution in [0.25, 0.3) is 5.52 Å². The largest absolute Gasteiger partial charge is 0.510 e. The van der Waals surface area contributed by atoms with Gasteiger partial charge in [0.05, 0.1) is 24.9 Å². The van der Waals surface area contributed by atoms with Gasteiger partial charge in [0.25, 0.3) is 0 Å². The highest BCUT2D eigenvalue weighted by atomic mass is 31.2. The Labute approximate surface area is 213 Å². The highest BCUT2D eigenvalue weighted by Gasteiger charge is 2.30. The van der Waals surface area contributed by atoms with E-state index in [0.717, 1.165) is 5.69 Å². The zero-order valence-corrected chi connectivity index (χ0v) is 22.3. The highest BCUT2D eigenvalue weighted by molar-refractivity contribution is 7.53. The van der Waals surface area contributed by atoms with Crippen LogP contribution in [-0.2, 0) is 48.5 Å². The van der Waals surface area contributed by atoms with E-state index >= 15 is 0 Å². The molecule has 2 aromatic rings. The van der Waals surface area contributed by atoms with Gasteiger partial charge < -0.3 is 34.2 Å². The van der Waals surface area contributed by atoms with Crippen molar-refractivity contribution >= 4 is 31.2 Å². The topological polar surface area (TPSA) is 181 Å². The minimum absolute atomic E-state index is 0.113. The van der Waals surface area contributed by atoms with E-state index < -0.39 is 58.2 Å². The molecule has 2 aromatic heterocycles. The van der Waals surface area contributed by atoms with E-state index in [2.05, 4.69) is 10.1 Å². The Morgan fingerprint density at radius 2 is 1.62 bits per heavy atom. The van der Waals surface area contributed by atoms with Gasteiger partial charge in [0.15, 0.2) is 5.82 Å². The van der Waals surface area contributed by atoms with Gasteiger partial charge in [0.1, 0.15) is 18.2 Å². The zero-order valence-electron chi connectivity index (χ0n) is 21.4. The first kappa shape index (κ1) is 30.3. The standard InChI is InChI=1S/C21H33N4O11P/c1-14(2)35-20(26)30-11-33-37(28,34-12-31-21(27)36-15(3)4)13-32-17(9-29-5)8-16-6-7-18-19(22)23-10-24-25(16)18/h6-7,10,14-15,17H,8-9,11-13H2,1-5H3,(H2,22,23,24). The van der Waals surface area contributed by atoms with Crippen LogP contribution in [0.5, 0.6) is 0 Å². The quantitative estimate of drug-likeness (QED) is 0.195. The first-order valence-corrected chi connectivity index (χ1v) is 13.0. The fourth-order valence-corrected chi connectivity index (χ4v) is 3.86. The second-order valence-electron chi connectivity index (χ2n) is 8.07. The Kier molecular flexibility index (Phi) is 12.0. The molecule has 2 rings (SSSR count). The highest BCUT2D eigenvalue weighted by Crippen LogP contribution is 2.48. The summed E-state index contributed by atoms with van der Waals surface area (Å²) in [7, 11) is -2.65. The number of carbonyl (C=O) groups is 2. The molecule has 16 heteroatoms. The summed E-state index contributed by atoms with van der Waals surface area (Å²) in [6, 6.07) is 3.55. The van der Waals surface area contributed by atoms with Gasteiger partial charge >= 0.3 is 19.9 Å². The smallest absolute Gasteiger partial charge is 0.432 e.